The lowest BCUT2D eigenvalue weighted by Gasteiger charge is -2.23. The van der Waals surface area contributed by atoms with Gasteiger partial charge in [-0.25, -0.2) is 14.8 Å². The Morgan fingerprint density at radius 2 is 1.55 bits per heavy atom. The van der Waals surface area contributed by atoms with Crippen molar-refractivity contribution in [1.29, 1.82) is 0 Å². The molecule has 9 heteroatoms. The number of hydrogen-bond acceptors (Lipinski definition) is 6. The van der Waals surface area contributed by atoms with Crippen molar-refractivity contribution in [3.63, 3.8) is 0 Å². The van der Waals surface area contributed by atoms with E-state index in [1.807, 2.05) is 66.0 Å². The number of ether oxygens (including phenoxy) is 1. The lowest BCUT2D eigenvalue weighted by atomic mass is 9.84. The molecule has 1 aromatic carbocycles. The first-order valence-electron chi connectivity index (χ1n) is 17.9. The number of aromatic amines is 2. The molecule has 3 atom stereocenters. The van der Waals surface area contributed by atoms with Gasteiger partial charge in [-0.3, -0.25) is 0 Å². The van der Waals surface area contributed by atoms with E-state index in [1.54, 1.807) is 22.4 Å². The first-order valence-corrected chi connectivity index (χ1v) is 18.7. The maximum Gasteiger partial charge on any atom is 0.410 e. The van der Waals surface area contributed by atoms with E-state index in [4.69, 9.17) is 9.72 Å². The van der Waals surface area contributed by atoms with Gasteiger partial charge in [0.15, 0.2) is 0 Å². The number of carbonyl (C=O) groups is 1. The van der Waals surface area contributed by atoms with Crippen molar-refractivity contribution in [2.24, 2.45) is 0 Å². The summed E-state index contributed by atoms with van der Waals surface area (Å²) in [6.07, 6.45) is 14.1. The number of H-pyrrole nitrogens is 2. The number of benzene rings is 1. The molecule has 8 rings (SSSR count). The summed E-state index contributed by atoms with van der Waals surface area (Å²) < 4.78 is 5.21. The van der Waals surface area contributed by atoms with Crippen molar-refractivity contribution >= 4 is 17.4 Å². The molecule has 2 saturated heterocycles. The fourth-order valence-electron chi connectivity index (χ4n) is 7.28. The monoisotopic (exact) mass is 658 g/mol. The van der Waals surface area contributed by atoms with Crippen LogP contribution in [0.3, 0.4) is 0 Å². The zero-order valence-electron chi connectivity index (χ0n) is 29.4. The van der Waals surface area contributed by atoms with Crippen LogP contribution in [-0.4, -0.2) is 56.2 Å². The Hall–Kier alpha value is -3.43. The summed E-state index contributed by atoms with van der Waals surface area (Å²) in [6.45, 7) is 16.5. The molecule has 2 bridgehead atoms. The minimum Gasteiger partial charge on any atom is -0.444 e. The summed E-state index contributed by atoms with van der Waals surface area (Å²) >= 11 is 1.86. The molecule has 2 aliphatic carbocycles. The summed E-state index contributed by atoms with van der Waals surface area (Å²) in [5.74, 6) is 2.49. The van der Waals surface area contributed by atoms with E-state index in [0.29, 0.717) is 17.9 Å². The molecule has 3 N–H and O–H groups in total. The Bertz CT molecular complexity index is 1570. The number of amides is 1. The van der Waals surface area contributed by atoms with Gasteiger partial charge in [0.05, 0.1) is 41.0 Å². The van der Waals surface area contributed by atoms with E-state index in [2.05, 4.69) is 50.7 Å². The molecule has 3 unspecified atom stereocenters. The highest BCUT2D eigenvalue weighted by Crippen LogP contribution is 2.58. The summed E-state index contributed by atoms with van der Waals surface area (Å²) in [5.41, 5.74) is 7.90. The van der Waals surface area contributed by atoms with Gasteiger partial charge in [0, 0.05) is 23.5 Å². The van der Waals surface area contributed by atoms with Crippen molar-refractivity contribution in [3.8, 4) is 32.3 Å². The Morgan fingerprint density at radius 3 is 2.19 bits per heavy atom. The Balaban J connectivity index is 0.000000229. The Labute approximate surface area is 285 Å². The lowest BCUT2D eigenvalue weighted by molar-refractivity contribution is 0.0295. The largest absolute Gasteiger partial charge is 0.444 e. The number of thiophene rings is 1. The Morgan fingerprint density at radius 1 is 0.872 bits per heavy atom. The SMILES string of the molecule is CC.CC.CC(C)(C)OC(=O)N1CCCC1.c1ncc(-c2ccc(-c3ccc(-c4cnc(C5CCCN5)[nH]4)c4c3C3CCC4C3)s2)[nH]1. The van der Waals surface area contributed by atoms with Crippen LogP contribution in [0.4, 0.5) is 4.79 Å². The minimum absolute atomic E-state index is 0.167. The first-order chi connectivity index (χ1) is 22.8. The third kappa shape index (κ3) is 7.83. The third-order valence-electron chi connectivity index (χ3n) is 9.21. The molecular weight excluding hydrogens is 605 g/mol. The summed E-state index contributed by atoms with van der Waals surface area (Å²) in [4.78, 5) is 31.6. The van der Waals surface area contributed by atoms with Crippen LogP contribution in [0.1, 0.15) is 128 Å². The van der Waals surface area contributed by atoms with Crippen LogP contribution in [0.25, 0.3) is 32.3 Å². The van der Waals surface area contributed by atoms with Crippen molar-refractivity contribution < 1.29 is 9.53 Å². The van der Waals surface area contributed by atoms with E-state index >= 15 is 0 Å². The number of rotatable bonds is 4. The standard InChI is InChI=1S/C25H25N5S.C9H17NO2.2C2H6/c1-2-18(27-9-1)25-28-12-19(30-25)16-5-6-17(24-15-4-3-14(10-15)23(16)24)21-7-8-22(31-21)20-11-26-13-29-20;1-9(2,3)12-8(11)10-6-4-5-7-10;2*1-2/h5-8,11-15,18,27H,1-4,9-10H2,(H,26,29)(H,28,30);4-7H2,1-3H3;2*1-2H3. The zero-order chi connectivity index (χ0) is 33.6. The van der Waals surface area contributed by atoms with Gasteiger partial charge in [0.2, 0.25) is 0 Å². The second-order valence-electron chi connectivity index (χ2n) is 13.3. The molecule has 47 heavy (non-hydrogen) atoms. The number of aromatic nitrogens is 4. The van der Waals surface area contributed by atoms with Crippen LogP contribution < -0.4 is 5.32 Å². The van der Waals surface area contributed by atoms with Gasteiger partial charge < -0.3 is 24.9 Å². The summed E-state index contributed by atoms with van der Waals surface area (Å²) in [7, 11) is 0. The van der Waals surface area contributed by atoms with E-state index in [0.717, 1.165) is 44.0 Å². The topological polar surface area (TPSA) is 98.9 Å². The normalized spacial score (nSPS) is 20.8. The van der Waals surface area contributed by atoms with Gasteiger partial charge >= 0.3 is 6.09 Å². The predicted octanol–water partition coefficient (Wildman–Crippen LogP) is 10.1. The van der Waals surface area contributed by atoms with E-state index in [9.17, 15) is 4.79 Å². The number of imidazole rings is 2. The molecular formula is C38H54N6O2S. The molecule has 1 saturated carbocycles. The minimum atomic E-state index is -0.361. The average molecular weight is 659 g/mol. The molecule has 3 fully saturated rings. The van der Waals surface area contributed by atoms with Crippen molar-refractivity contribution in [2.45, 2.75) is 117 Å². The van der Waals surface area contributed by atoms with E-state index in [-0.39, 0.29) is 11.7 Å². The lowest BCUT2D eigenvalue weighted by Crippen LogP contribution is -2.34. The number of carbonyl (C=O) groups excluding carboxylic acids is 1. The van der Waals surface area contributed by atoms with Gasteiger partial charge in [-0.1, -0.05) is 39.8 Å². The molecule has 8 nitrogen and oxygen atoms in total. The van der Waals surface area contributed by atoms with Gasteiger partial charge in [0.25, 0.3) is 0 Å². The van der Waals surface area contributed by atoms with Gasteiger partial charge in [-0.2, -0.15) is 0 Å². The third-order valence-corrected chi connectivity index (χ3v) is 10.4. The molecule has 0 spiro atoms. The summed E-state index contributed by atoms with van der Waals surface area (Å²) in [5, 5.41) is 3.56. The number of nitrogens with one attached hydrogen (secondary N) is 3. The maximum absolute atomic E-state index is 11.4. The molecule has 5 heterocycles. The highest BCUT2D eigenvalue weighted by atomic mass is 32.1. The summed E-state index contributed by atoms with van der Waals surface area (Å²) in [6, 6.07) is 9.57. The van der Waals surface area contributed by atoms with Crippen molar-refractivity contribution in [3.05, 3.63) is 59.9 Å². The average Bonchev–Trinajstić information content (AvgIpc) is 3.94. The molecule has 0 radical (unpaired) electrons. The van der Waals surface area contributed by atoms with E-state index < -0.39 is 0 Å². The van der Waals surface area contributed by atoms with Crippen LogP contribution in [-0.2, 0) is 4.74 Å². The molecule has 4 aliphatic rings. The zero-order valence-corrected chi connectivity index (χ0v) is 30.2. The fraction of sp³-hybridized carbons (Fsp3) is 0.553. The van der Waals surface area contributed by atoms with Crippen LogP contribution in [0.5, 0.6) is 0 Å². The van der Waals surface area contributed by atoms with E-state index in [1.165, 1.54) is 58.7 Å². The second kappa shape index (κ2) is 15.6. The number of hydrogen-bond donors (Lipinski definition) is 3. The smallest absolute Gasteiger partial charge is 0.410 e. The van der Waals surface area contributed by atoms with Crippen molar-refractivity contribution in [2.75, 3.05) is 19.6 Å². The number of fused-ring (bicyclic) bond motifs is 5. The molecule has 4 aromatic rings. The van der Waals surface area contributed by atoms with Crippen LogP contribution in [0, 0.1) is 0 Å². The van der Waals surface area contributed by atoms with Gasteiger partial charge in [-0.15, -0.1) is 11.3 Å². The highest BCUT2D eigenvalue weighted by molar-refractivity contribution is 7.18. The maximum atomic E-state index is 11.4. The van der Waals surface area contributed by atoms with Crippen molar-refractivity contribution in [1.82, 2.24) is 30.2 Å². The molecule has 1 amide bonds. The Kier molecular flexibility index (Phi) is 11.6. The van der Waals surface area contributed by atoms with Crippen LogP contribution in [0.15, 0.2) is 43.0 Å². The number of likely N-dealkylation sites (tertiary alicyclic amines) is 1. The first kappa shape index (κ1) is 34.9. The number of nitrogens with zero attached hydrogens (tertiary/aromatic N) is 3. The highest BCUT2D eigenvalue weighted by Gasteiger charge is 2.41. The predicted molar refractivity (Wildman–Crippen MR) is 194 cm³/mol. The van der Waals surface area contributed by atoms with Gasteiger partial charge in [0.1, 0.15) is 11.4 Å². The van der Waals surface area contributed by atoms with Crippen LogP contribution in [0.2, 0.25) is 0 Å². The fourth-order valence-corrected chi connectivity index (χ4v) is 8.30. The molecule has 2 aliphatic heterocycles. The molecule has 254 valence electrons. The van der Waals surface area contributed by atoms with Gasteiger partial charge in [-0.05, 0) is 113 Å². The molecule has 3 aromatic heterocycles. The van der Waals surface area contributed by atoms with Crippen LogP contribution >= 0.6 is 11.3 Å². The second-order valence-corrected chi connectivity index (χ2v) is 14.4. The quantitative estimate of drug-likeness (QED) is 0.203.